The molecule has 166 valence electrons. The summed E-state index contributed by atoms with van der Waals surface area (Å²) in [5, 5.41) is 18.9. The zero-order chi connectivity index (χ0) is 23.0. The quantitative estimate of drug-likeness (QED) is 0.524. The highest BCUT2D eigenvalue weighted by Gasteiger charge is 2.44. The molecule has 2 aromatic carbocycles. The number of aryl methyl sites for hydroxylation is 1. The van der Waals surface area contributed by atoms with E-state index in [4.69, 9.17) is 11.6 Å². The summed E-state index contributed by atoms with van der Waals surface area (Å²) in [4.78, 5) is 49.6. The second-order valence-corrected chi connectivity index (χ2v) is 8.15. The molecule has 2 aromatic rings. The number of amides is 5. The number of fused-ring (bicyclic) bond motifs is 1. The van der Waals surface area contributed by atoms with Gasteiger partial charge in [-0.2, -0.15) is 0 Å². The van der Waals surface area contributed by atoms with Crippen molar-refractivity contribution < 1.29 is 24.3 Å². The van der Waals surface area contributed by atoms with Gasteiger partial charge in [-0.05, 0) is 48.7 Å². The Kier molecular flexibility index (Phi) is 5.86. The fraction of sp³-hybridized carbons (Fsp3) is 0.273. The smallest absolute Gasteiger partial charge is 0.319 e. The highest BCUT2D eigenvalue weighted by molar-refractivity contribution is 6.31. The Balaban J connectivity index is 1.42. The van der Waals surface area contributed by atoms with Crippen LogP contribution < -0.4 is 16.0 Å². The molecule has 10 heteroatoms. The van der Waals surface area contributed by atoms with E-state index in [1.165, 1.54) is 0 Å². The first kappa shape index (κ1) is 21.8. The maximum atomic E-state index is 12.8. The SMILES string of the molecule is Cc1ccc(NC(=O)NCc2ccc3c(c2)C(O)N(C2CCC(=O)NC2=O)C3=O)cc1Cl. The first-order chi connectivity index (χ1) is 15.2. The Labute approximate surface area is 188 Å². The minimum absolute atomic E-state index is 0.0970. The molecule has 2 aliphatic heterocycles. The summed E-state index contributed by atoms with van der Waals surface area (Å²) < 4.78 is 0. The van der Waals surface area contributed by atoms with Crippen LogP contribution in [0.5, 0.6) is 0 Å². The predicted octanol–water partition coefficient (Wildman–Crippen LogP) is 2.22. The predicted molar refractivity (Wildman–Crippen MR) is 116 cm³/mol. The molecule has 0 saturated carbocycles. The van der Waals surface area contributed by atoms with E-state index in [0.29, 0.717) is 21.8 Å². The third-order valence-electron chi connectivity index (χ3n) is 5.55. The highest BCUT2D eigenvalue weighted by atomic mass is 35.5. The third kappa shape index (κ3) is 4.17. The number of nitrogens with zero attached hydrogens (tertiary/aromatic N) is 1. The minimum Gasteiger partial charge on any atom is -0.369 e. The van der Waals surface area contributed by atoms with Crippen molar-refractivity contribution in [3.05, 3.63) is 63.7 Å². The largest absolute Gasteiger partial charge is 0.369 e. The van der Waals surface area contributed by atoms with E-state index in [1.807, 2.05) is 6.92 Å². The standard InChI is InChI=1S/C22H21ClN4O5/c1-11-2-4-13(9-16(11)23)25-22(32)24-10-12-3-5-14-15(8-12)21(31)27(20(14)30)17-6-7-18(28)26-19(17)29/h2-5,8-9,17,21,31H,6-7,10H2,1H3,(H2,24,25,32)(H,26,28,29). The van der Waals surface area contributed by atoms with E-state index in [2.05, 4.69) is 16.0 Å². The molecule has 2 aliphatic rings. The van der Waals surface area contributed by atoms with Crippen molar-refractivity contribution in [3.63, 3.8) is 0 Å². The Bertz CT molecular complexity index is 1140. The zero-order valence-corrected chi connectivity index (χ0v) is 17.9. The summed E-state index contributed by atoms with van der Waals surface area (Å²) >= 11 is 6.07. The Morgan fingerprint density at radius 1 is 1.22 bits per heavy atom. The fourth-order valence-electron chi connectivity index (χ4n) is 3.82. The van der Waals surface area contributed by atoms with Gasteiger partial charge in [0.25, 0.3) is 5.91 Å². The van der Waals surface area contributed by atoms with Gasteiger partial charge in [0, 0.05) is 34.8 Å². The van der Waals surface area contributed by atoms with Crippen LogP contribution in [0.3, 0.4) is 0 Å². The molecule has 2 atom stereocenters. The number of nitrogens with one attached hydrogen (secondary N) is 3. The van der Waals surface area contributed by atoms with Gasteiger partial charge >= 0.3 is 6.03 Å². The van der Waals surface area contributed by atoms with Crippen molar-refractivity contribution in [2.24, 2.45) is 0 Å². The average molecular weight is 457 g/mol. The van der Waals surface area contributed by atoms with Crippen molar-refractivity contribution in [2.75, 3.05) is 5.32 Å². The van der Waals surface area contributed by atoms with Crippen LogP contribution in [0.15, 0.2) is 36.4 Å². The topological polar surface area (TPSA) is 128 Å². The van der Waals surface area contributed by atoms with E-state index >= 15 is 0 Å². The van der Waals surface area contributed by atoms with Crippen LogP contribution in [0.25, 0.3) is 0 Å². The summed E-state index contributed by atoms with van der Waals surface area (Å²) in [6, 6.07) is 8.67. The number of piperidine rings is 1. The van der Waals surface area contributed by atoms with Crippen LogP contribution in [0, 0.1) is 6.92 Å². The zero-order valence-electron chi connectivity index (χ0n) is 17.1. The van der Waals surface area contributed by atoms with Crippen molar-refractivity contribution >= 4 is 41.0 Å². The van der Waals surface area contributed by atoms with E-state index < -0.39 is 36.0 Å². The molecule has 4 N–H and O–H groups in total. The maximum Gasteiger partial charge on any atom is 0.319 e. The van der Waals surface area contributed by atoms with E-state index in [9.17, 15) is 24.3 Å². The average Bonchev–Trinajstić information content (AvgIpc) is 2.99. The second-order valence-electron chi connectivity index (χ2n) is 7.75. The molecule has 0 spiro atoms. The Hall–Kier alpha value is -3.43. The summed E-state index contributed by atoms with van der Waals surface area (Å²) in [5.74, 6) is -1.48. The number of hydrogen-bond donors (Lipinski definition) is 4. The molecule has 2 heterocycles. The molecule has 5 amide bonds. The highest BCUT2D eigenvalue weighted by Crippen LogP contribution is 2.35. The molecule has 1 saturated heterocycles. The number of benzene rings is 2. The monoisotopic (exact) mass is 456 g/mol. The molecule has 4 rings (SSSR count). The number of anilines is 1. The minimum atomic E-state index is -1.31. The number of carbonyl (C=O) groups is 4. The molecule has 0 radical (unpaired) electrons. The van der Waals surface area contributed by atoms with Gasteiger partial charge in [0.1, 0.15) is 6.04 Å². The fourth-order valence-corrected chi connectivity index (χ4v) is 4.00. The third-order valence-corrected chi connectivity index (χ3v) is 5.96. The normalized spacial score (nSPS) is 20.1. The lowest BCUT2D eigenvalue weighted by atomic mass is 10.0. The second kappa shape index (κ2) is 8.60. The molecular weight excluding hydrogens is 436 g/mol. The van der Waals surface area contributed by atoms with Gasteiger partial charge in [0.2, 0.25) is 11.8 Å². The van der Waals surface area contributed by atoms with Gasteiger partial charge in [0.15, 0.2) is 6.23 Å². The molecule has 9 nitrogen and oxygen atoms in total. The number of halogens is 1. The molecule has 0 aromatic heterocycles. The number of rotatable bonds is 4. The van der Waals surface area contributed by atoms with Crippen molar-refractivity contribution in [1.82, 2.24) is 15.5 Å². The van der Waals surface area contributed by atoms with Gasteiger partial charge < -0.3 is 15.7 Å². The summed E-state index contributed by atoms with van der Waals surface area (Å²) in [5.41, 5.74) is 2.75. The molecule has 0 aliphatic carbocycles. The summed E-state index contributed by atoms with van der Waals surface area (Å²) in [7, 11) is 0. The lowest BCUT2D eigenvalue weighted by Crippen LogP contribution is -2.53. The number of urea groups is 1. The Morgan fingerprint density at radius 3 is 2.72 bits per heavy atom. The van der Waals surface area contributed by atoms with E-state index in [0.717, 1.165) is 10.5 Å². The van der Waals surface area contributed by atoms with Crippen LogP contribution in [0.2, 0.25) is 5.02 Å². The van der Waals surface area contributed by atoms with Crippen molar-refractivity contribution in [1.29, 1.82) is 0 Å². The van der Waals surface area contributed by atoms with Crippen LogP contribution >= 0.6 is 11.6 Å². The number of aliphatic hydroxyl groups excluding tert-OH is 1. The van der Waals surface area contributed by atoms with E-state index in [1.54, 1.807) is 36.4 Å². The van der Waals surface area contributed by atoms with Crippen molar-refractivity contribution in [2.45, 2.75) is 38.6 Å². The van der Waals surface area contributed by atoms with Crippen LogP contribution in [-0.2, 0) is 16.1 Å². The van der Waals surface area contributed by atoms with Gasteiger partial charge in [-0.3, -0.25) is 24.6 Å². The molecule has 0 bridgehead atoms. The molecular formula is C22H21ClN4O5. The Morgan fingerprint density at radius 2 is 2.00 bits per heavy atom. The van der Waals surface area contributed by atoms with E-state index in [-0.39, 0.29) is 24.9 Å². The molecule has 32 heavy (non-hydrogen) atoms. The number of aliphatic hydroxyl groups is 1. The number of imide groups is 1. The summed E-state index contributed by atoms with van der Waals surface area (Å²) in [6.45, 7) is 2.01. The lowest BCUT2D eigenvalue weighted by Gasteiger charge is -2.31. The maximum absolute atomic E-state index is 12.8. The van der Waals surface area contributed by atoms with Gasteiger partial charge in [-0.25, -0.2) is 4.79 Å². The van der Waals surface area contributed by atoms with Gasteiger partial charge in [0.05, 0.1) is 0 Å². The van der Waals surface area contributed by atoms with Crippen molar-refractivity contribution in [3.8, 4) is 0 Å². The lowest BCUT2D eigenvalue weighted by molar-refractivity contribution is -0.139. The number of hydrogen-bond acceptors (Lipinski definition) is 5. The van der Waals surface area contributed by atoms with Gasteiger partial charge in [-0.15, -0.1) is 0 Å². The van der Waals surface area contributed by atoms with Crippen LogP contribution in [-0.4, -0.2) is 39.8 Å². The summed E-state index contributed by atoms with van der Waals surface area (Å²) in [6.07, 6.45) is -1.07. The van der Waals surface area contributed by atoms with Gasteiger partial charge in [-0.1, -0.05) is 23.7 Å². The first-order valence-electron chi connectivity index (χ1n) is 10.0. The van der Waals surface area contributed by atoms with Crippen LogP contribution in [0.4, 0.5) is 10.5 Å². The molecule has 1 fully saturated rings. The molecule has 2 unspecified atom stereocenters. The first-order valence-corrected chi connectivity index (χ1v) is 10.4. The van der Waals surface area contributed by atoms with Crippen LogP contribution in [0.1, 0.15) is 46.1 Å². The number of carbonyl (C=O) groups excluding carboxylic acids is 4.